The number of nitrogens with zero attached hydrogens (tertiary/aromatic N) is 1. The number of benzene rings is 3. The van der Waals surface area contributed by atoms with Crippen molar-refractivity contribution in [1.29, 1.82) is 0 Å². The molecule has 0 saturated heterocycles. The minimum atomic E-state index is -3.82. The molecule has 0 saturated carbocycles. The molecule has 1 aliphatic heterocycles. The predicted octanol–water partition coefficient (Wildman–Crippen LogP) is 4.40. The zero-order chi connectivity index (χ0) is 22.0. The normalized spacial score (nSPS) is 13.4. The molecule has 4 rings (SSSR count). The number of aryl methyl sites for hydroxylation is 2. The highest BCUT2D eigenvalue weighted by molar-refractivity contribution is 7.92. The van der Waals surface area contributed by atoms with E-state index in [4.69, 9.17) is 4.74 Å². The number of ether oxygens (including phenoxy) is 1. The van der Waals surface area contributed by atoms with Crippen LogP contribution in [-0.2, 0) is 16.4 Å². The molecule has 31 heavy (non-hydrogen) atoms. The quantitative estimate of drug-likeness (QED) is 0.643. The van der Waals surface area contributed by atoms with Gasteiger partial charge in [-0.3, -0.25) is 9.52 Å². The number of sulfonamides is 1. The average molecular weight is 437 g/mol. The van der Waals surface area contributed by atoms with Gasteiger partial charge in [0.05, 0.1) is 17.7 Å². The van der Waals surface area contributed by atoms with Crippen molar-refractivity contribution in [2.45, 2.75) is 24.7 Å². The fourth-order valence-corrected chi connectivity index (χ4v) is 4.90. The van der Waals surface area contributed by atoms with Gasteiger partial charge in [-0.05, 0) is 73.4 Å². The number of nitrogens with one attached hydrogen (secondary N) is 1. The lowest BCUT2D eigenvalue weighted by molar-refractivity contribution is 0.0985. The monoisotopic (exact) mass is 436 g/mol. The van der Waals surface area contributed by atoms with Crippen LogP contribution in [0.15, 0.2) is 71.6 Å². The van der Waals surface area contributed by atoms with Gasteiger partial charge in [-0.15, -0.1) is 0 Å². The zero-order valence-electron chi connectivity index (χ0n) is 17.5. The summed E-state index contributed by atoms with van der Waals surface area (Å²) >= 11 is 0. The number of hydrogen-bond acceptors (Lipinski definition) is 4. The van der Waals surface area contributed by atoms with Crippen LogP contribution in [0.25, 0.3) is 0 Å². The van der Waals surface area contributed by atoms with Crippen molar-refractivity contribution in [3.8, 4) is 5.75 Å². The SMILES string of the molecule is COc1ccc(C)cc1NS(=O)(=O)c1ccc2c(c1)CCCN2C(=O)c1ccccc1. The molecule has 6 nitrogen and oxygen atoms in total. The van der Waals surface area contributed by atoms with Gasteiger partial charge in [0.15, 0.2) is 0 Å². The first-order valence-corrected chi connectivity index (χ1v) is 11.5. The maximum Gasteiger partial charge on any atom is 0.262 e. The zero-order valence-corrected chi connectivity index (χ0v) is 18.3. The maximum atomic E-state index is 13.1. The maximum absolute atomic E-state index is 13.1. The smallest absolute Gasteiger partial charge is 0.262 e. The van der Waals surface area contributed by atoms with Gasteiger partial charge in [0.2, 0.25) is 0 Å². The molecule has 0 fully saturated rings. The van der Waals surface area contributed by atoms with Gasteiger partial charge < -0.3 is 9.64 Å². The first-order valence-electron chi connectivity index (χ1n) is 10.1. The first kappa shape index (κ1) is 20.9. The highest BCUT2D eigenvalue weighted by atomic mass is 32.2. The summed E-state index contributed by atoms with van der Waals surface area (Å²) in [5.41, 5.74) is 3.52. The molecule has 7 heteroatoms. The van der Waals surface area contributed by atoms with E-state index in [0.29, 0.717) is 30.0 Å². The van der Waals surface area contributed by atoms with Crippen LogP contribution >= 0.6 is 0 Å². The topological polar surface area (TPSA) is 75.7 Å². The number of carbonyl (C=O) groups is 1. The predicted molar refractivity (Wildman–Crippen MR) is 121 cm³/mol. The molecule has 0 radical (unpaired) electrons. The average Bonchev–Trinajstić information content (AvgIpc) is 2.78. The Labute approximate surface area is 182 Å². The summed E-state index contributed by atoms with van der Waals surface area (Å²) in [5.74, 6) is 0.367. The Morgan fingerprint density at radius 3 is 2.55 bits per heavy atom. The van der Waals surface area contributed by atoms with E-state index in [0.717, 1.165) is 23.2 Å². The Morgan fingerprint density at radius 1 is 1.03 bits per heavy atom. The Kier molecular flexibility index (Phi) is 5.69. The van der Waals surface area contributed by atoms with E-state index in [1.165, 1.54) is 7.11 Å². The van der Waals surface area contributed by atoms with Crippen molar-refractivity contribution >= 4 is 27.3 Å². The largest absolute Gasteiger partial charge is 0.495 e. The van der Waals surface area contributed by atoms with Gasteiger partial charge in [0, 0.05) is 17.8 Å². The molecule has 1 N–H and O–H groups in total. The number of methoxy groups -OCH3 is 1. The summed E-state index contributed by atoms with van der Waals surface area (Å²) < 4.78 is 34.0. The van der Waals surface area contributed by atoms with Crippen molar-refractivity contribution in [2.75, 3.05) is 23.3 Å². The number of carbonyl (C=O) groups excluding carboxylic acids is 1. The van der Waals surface area contributed by atoms with Crippen molar-refractivity contribution in [3.05, 3.63) is 83.4 Å². The van der Waals surface area contributed by atoms with Crippen molar-refractivity contribution in [2.24, 2.45) is 0 Å². The third-order valence-corrected chi connectivity index (χ3v) is 6.71. The van der Waals surface area contributed by atoms with Crippen molar-refractivity contribution < 1.29 is 17.9 Å². The Hall–Kier alpha value is -3.32. The van der Waals surface area contributed by atoms with Gasteiger partial charge in [-0.25, -0.2) is 8.42 Å². The molecule has 0 aliphatic carbocycles. The van der Waals surface area contributed by atoms with E-state index in [-0.39, 0.29) is 10.8 Å². The summed E-state index contributed by atoms with van der Waals surface area (Å²) in [7, 11) is -2.32. The minimum absolute atomic E-state index is 0.0835. The van der Waals surface area contributed by atoms with Crippen LogP contribution in [0.5, 0.6) is 5.75 Å². The van der Waals surface area contributed by atoms with Crippen LogP contribution in [0.1, 0.15) is 27.9 Å². The highest BCUT2D eigenvalue weighted by Crippen LogP contribution is 2.32. The lowest BCUT2D eigenvalue weighted by atomic mass is 10.0. The van der Waals surface area contributed by atoms with Gasteiger partial charge in [-0.2, -0.15) is 0 Å². The lowest BCUT2D eigenvalue weighted by Crippen LogP contribution is -2.35. The van der Waals surface area contributed by atoms with Crippen LogP contribution in [0.4, 0.5) is 11.4 Å². The van der Waals surface area contributed by atoms with Gasteiger partial charge in [-0.1, -0.05) is 24.3 Å². The van der Waals surface area contributed by atoms with Crippen LogP contribution in [0.3, 0.4) is 0 Å². The highest BCUT2D eigenvalue weighted by Gasteiger charge is 2.26. The fraction of sp³-hybridized carbons (Fsp3) is 0.208. The third-order valence-electron chi connectivity index (χ3n) is 5.35. The molecular weight excluding hydrogens is 412 g/mol. The molecule has 1 aliphatic rings. The fourth-order valence-electron chi connectivity index (χ4n) is 3.79. The lowest BCUT2D eigenvalue weighted by Gasteiger charge is -2.30. The molecular formula is C24H24N2O4S. The molecule has 1 amide bonds. The minimum Gasteiger partial charge on any atom is -0.495 e. The first-order chi connectivity index (χ1) is 14.9. The van der Waals surface area contributed by atoms with Gasteiger partial charge in [0.1, 0.15) is 5.75 Å². The molecule has 0 atom stereocenters. The van der Waals surface area contributed by atoms with Crippen LogP contribution < -0.4 is 14.4 Å². The van der Waals surface area contributed by atoms with E-state index < -0.39 is 10.0 Å². The molecule has 1 heterocycles. The molecule has 0 spiro atoms. The molecule has 3 aromatic carbocycles. The Bertz CT molecular complexity index is 1220. The number of anilines is 2. The Morgan fingerprint density at radius 2 is 1.81 bits per heavy atom. The van der Waals surface area contributed by atoms with Crippen molar-refractivity contribution in [3.63, 3.8) is 0 Å². The Balaban J connectivity index is 1.65. The third kappa shape index (κ3) is 4.27. The van der Waals surface area contributed by atoms with Crippen LogP contribution in [-0.4, -0.2) is 28.0 Å². The van der Waals surface area contributed by atoms with Gasteiger partial charge in [0.25, 0.3) is 15.9 Å². The van der Waals surface area contributed by atoms with Gasteiger partial charge >= 0.3 is 0 Å². The second-order valence-electron chi connectivity index (χ2n) is 7.53. The van der Waals surface area contributed by atoms with Crippen molar-refractivity contribution in [1.82, 2.24) is 0 Å². The number of rotatable bonds is 5. The molecule has 3 aromatic rings. The summed E-state index contributed by atoms with van der Waals surface area (Å²) in [6.45, 7) is 2.49. The van der Waals surface area contributed by atoms with E-state index >= 15 is 0 Å². The van der Waals surface area contributed by atoms with Crippen LogP contribution in [0, 0.1) is 6.92 Å². The standard InChI is InChI=1S/C24H24N2O4S/c1-17-10-13-23(30-2)21(15-17)25-31(28,29)20-11-12-22-19(16-20)9-6-14-26(22)24(27)18-7-4-3-5-8-18/h3-5,7-8,10-13,15-16,25H,6,9,14H2,1-2H3. The van der Waals surface area contributed by atoms with Crippen LogP contribution in [0.2, 0.25) is 0 Å². The number of hydrogen-bond donors (Lipinski definition) is 1. The summed E-state index contributed by atoms with van der Waals surface area (Å²) in [6, 6.07) is 19.3. The number of fused-ring (bicyclic) bond motifs is 1. The van der Waals surface area contributed by atoms with E-state index in [2.05, 4.69) is 4.72 Å². The summed E-state index contributed by atoms with van der Waals surface area (Å²) in [4.78, 5) is 14.8. The second kappa shape index (κ2) is 8.43. The second-order valence-corrected chi connectivity index (χ2v) is 9.21. The molecule has 0 unspecified atom stereocenters. The summed E-state index contributed by atoms with van der Waals surface area (Å²) in [6.07, 6.45) is 1.49. The molecule has 160 valence electrons. The van der Waals surface area contributed by atoms with E-state index in [9.17, 15) is 13.2 Å². The number of amides is 1. The van der Waals surface area contributed by atoms with E-state index in [1.54, 1.807) is 47.4 Å². The summed E-state index contributed by atoms with van der Waals surface area (Å²) in [5, 5.41) is 0. The molecule has 0 bridgehead atoms. The van der Waals surface area contributed by atoms with E-state index in [1.807, 2.05) is 31.2 Å². The molecule has 0 aromatic heterocycles.